The zero-order valence-corrected chi connectivity index (χ0v) is 9.90. The van der Waals surface area contributed by atoms with Gasteiger partial charge in [0.25, 0.3) is 0 Å². The van der Waals surface area contributed by atoms with Gasteiger partial charge in [0.1, 0.15) is 0 Å². The van der Waals surface area contributed by atoms with Crippen molar-refractivity contribution in [3.63, 3.8) is 0 Å². The predicted octanol–water partition coefficient (Wildman–Crippen LogP) is 2.32. The standard InChI is InChI=1S/C12H25NO/c1-4-8-13-12(10-14)7-5-6-11(2,3)9-12/h13-14H,4-10H2,1-3H3. The Kier molecular flexibility index (Phi) is 3.96. The molecular formula is C12H25NO. The lowest BCUT2D eigenvalue weighted by Gasteiger charge is -2.44. The first-order valence-corrected chi connectivity index (χ1v) is 5.89. The van der Waals surface area contributed by atoms with Gasteiger partial charge in [-0.2, -0.15) is 0 Å². The van der Waals surface area contributed by atoms with Gasteiger partial charge in [-0.1, -0.05) is 27.2 Å². The van der Waals surface area contributed by atoms with Gasteiger partial charge >= 0.3 is 0 Å². The van der Waals surface area contributed by atoms with Crippen LogP contribution < -0.4 is 5.32 Å². The van der Waals surface area contributed by atoms with E-state index in [1.165, 1.54) is 12.8 Å². The van der Waals surface area contributed by atoms with Gasteiger partial charge in [-0.15, -0.1) is 0 Å². The van der Waals surface area contributed by atoms with Crippen molar-refractivity contribution < 1.29 is 5.11 Å². The highest BCUT2D eigenvalue weighted by molar-refractivity contribution is 4.96. The number of nitrogens with one attached hydrogen (secondary N) is 1. The molecule has 1 aliphatic rings. The van der Waals surface area contributed by atoms with Gasteiger partial charge in [0.15, 0.2) is 0 Å². The van der Waals surface area contributed by atoms with Crippen molar-refractivity contribution in [2.45, 2.75) is 58.4 Å². The van der Waals surface area contributed by atoms with Crippen LogP contribution in [0.5, 0.6) is 0 Å². The summed E-state index contributed by atoms with van der Waals surface area (Å²) in [5.41, 5.74) is 0.402. The molecule has 14 heavy (non-hydrogen) atoms. The molecule has 1 atom stereocenters. The van der Waals surface area contributed by atoms with Crippen LogP contribution in [-0.2, 0) is 0 Å². The molecule has 0 bridgehead atoms. The molecule has 1 rings (SSSR count). The minimum Gasteiger partial charge on any atom is -0.394 e. The Labute approximate surface area is 88.1 Å². The topological polar surface area (TPSA) is 32.3 Å². The first-order valence-electron chi connectivity index (χ1n) is 5.89. The molecule has 1 fully saturated rings. The summed E-state index contributed by atoms with van der Waals surface area (Å²) in [6, 6.07) is 0. The predicted molar refractivity (Wildman–Crippen MR) is 60.4 cm³/mol. The molecule has 0 saturated heterocycles. The van der Waals surface area contributed by atoms with E-state index in [0.29, 0.717) is 5.41 Å². The molecule has 2 heteroatoms. The third kappa shape index (κ3) is 2.96. The van der Waals surface area contributed by atoms with Gasteiger partial charge in [-0.3, -0.25) is 0 Å². The second-order valence-corrected chi connectivity index (χ2v) is 5.56. The van der Waals surface area contributed by atoms with E-state index in [-0.39, 0.29) is 12.1 Å². The van der Waals surface area contributed by atoms with Crippen LogP contribution in [0.1, 0.15) is 52.9 Å². The smallest absolute Gasteiger partial charge is 0.0613 e. The molecule has 0 aromatic carbocycles. The van der Waals surface area contributed by atoms with Gasteiger partial charge in [0, 0.05) is 5.54 Å². The van der Waals surface area contributed by atoms with E-state index >= 15 is 0 Å². The number of rotatable bonds is 4. The molecule has 0 amide bonds. The Morgan fingerprint density at radius 3 is 2.50 bits per heavy atom. The summed E-state index contributed by atoms with van der Waals surface area (Å²) in [5, 5.41) is 13.1. The number of aliphatic hydroxyl groups excluding tert-OH is 1. The Morgan fingerprint density at radius 1 is 1.29 bits per heavy atom. The van der Waals surface area contributed by atoms with E-state index < -0.39 is 0 Å². The average Bonchev–Trinajstić information content (AvgIpc) is 2.13. The molecule has 84 valence electrons. The second-order valence-electron chi connectivity index (χ2n) is 5.56. The number of aliphatic hydroxyl groups is 1. The fourth-order valence-electron chi connectivity index (χ4n) is 2.73. The summed E-state index contributed by atoms with van der Waals surface area (Å²) >= 11 is 0. The molecule has 1 aliphatic carbocycles. The Balaban J connectivity index is 2.58. The molecule has 0 aliphatic heterocycles. The van der Waals surface area contributed by atoms with Crippen LogP contribution in [0.4, 0.5) is 0 Å². The summed E-state index contributed by atoms with van der Waals surface area (Å²) in [4.78, 5) is 0. The van der Waals surface area contributed by atoms with E-state index in [1.54, 1.807) is 0 Å². The monoisotopic (exact) mass is 199 g/mol. The first kappa shape index (κ1) is 12.0. The molecular weight excluding hydrogens is 174 g/mol. The minimum absolute atomic E-state index is 0.0117. The first-order chi connectivity index (χ1) is 6.54. The van der Waals surface area contributed by atoms with E-state index in [2.05, 4.69) is 26.1 Å². The normalized spacial score (nSPS) is 31.7. The zero-order chi connectivity index (χ0) is 10.7. The third-order valence-electron chi connectivity index (χ3n) is 3.38. The SMILES string of the molecule is CCCNC1(CO)CCCC(C)(C)C1. The molecule has 0 heterocycles. The molecule has 1 unspecified atom stereocenters. The van der Waals surface area contributed by atoms with Crippen molar-refractivity contribution in [3.8, 4) is 0 Å². The Morgan fingerprint density at radius 2 is 2.00 bits per heavy atom. The van der Waals surface area contributed by atoms with Crippen LogP contribution in [-0.4, -0.2) is 23.8 Å². The van der Waals surface area contributed by atoms with E-state index in [4.69, 9.17) is 0 Å². The lowest BCUT2D eigenvalue weighted by atomic mass is 9.68. The van der Waals surface area contributed by atoms with Crippen molar-refractivity contribution in [2.75, 3.05) is 13.2 Å². The van der Waals surface area contributed by atoms with Crippen molar-refractivity contribution in [3.05, 3.63) is 0 Å². The van der Waals surface area contributed by atoms with E-state index in [0.717, 1.165) is 25.8 Å². The van der Waals surface area contributed by atoms with E-state index in [9.17, 15) is 5.11 Å². The summed E-state index contributed by atoms with van der Waals surface area (Å²) in [6.07, 6.45) is 5.92. The van der Waals surface area contributed by atoms with Crippen LogP contribution in [0.25, 0.3) is 0 Å². The molecule has 0 spiro atoms. The minimum atomic E-state index is 0.0117. The van der Waals surface area contributed by atoms with Crippen LogP contribution in [0.2, 0.25) is 0 Å². The van der Waals surface area contributed by atoms with Crippen LogP contribution in [0.3, 0.4) is 0 Å². The molecule has 2 nitrogen and oxygen atoms in total. The van der Waals surface area contributed by atoms with E-state index in [1.807, 2.05) is 0 Å². The van der Waals surface area contributed by atoms with Crippen molar-refractivity contribution in [1.29, 1.82) is 0 Å². The summed E-state index contributed by atoms with van der Waals surface area (Å²) in [7, 11) is 0. The third-order valence-corrected chi connectivity index (χ3v) is 3.38. The average molecular weight is 199 g/mol. The molecule has 0 radical (unpaired) electrons. The quantitative estimate of drug-likeness (QED) is 0.728. The van der Waals surface area contributed by atoms with Gasteiger partial charge in [0.2, 0.25) is 0 Å². The number of hydrogen-bond donors (Lipinski definition) is 2. The van der Waals surface area contributed by atoms with Gasteiger partial charge in [0.05, 0.1) is 6.61 Å². The highest BCUT2D eigenvalue weighted by Gasteiger charge is 2.38. The highest BCUT2D eigenvalue weighted by Crippen LogP contribution is 2.40. The summed E-state index contributed by atoms with van der Waals surface area (Å²) in [6.45, 7) is 8.10. The fourth-order valence-corrected chi connectivity index (χ4v) is 2.73. The fraction of sp³-hybridized carbons (Fsp3) is 1.00. The van der Waals surface area contributed by atoms with Crippen LogP contribution in [0, 0.1) is 5.41 Å². The number of hydrogen-bond acceptors (Lipinski definition) is 2. The van der Waals surface area contributed by atoms with Crippen LogP contribution in [0.15, 0.2) is 0 Å². The summed E-state index contributed by atoms with van der Waals surface area (Å²) in [5.74, 6) is 0. The summed E-state index contributed by atoms with van der Waals surface area (Å²) < 4.78 is 0. The van der Waals surface area contributed by atoms with Crippen molar-refractivity contribution >= 4 is 0 Å². The maximum Gasteiger partial charge on any atom is 0.0613 e. The zero-order valence-electron chi connectivity index (χ0n) is 9.90. The Hall–Kier alpha value is -0.0800. The Bertz CT molecular complexity index is 179. The van der Waals surface area contributed by atoms with Crippen LogP contribution >= 0.6 is 0 Å². The van der Waals surface area contributed by atoms with Crippen molar-refractivity contribution in [1.82, 2.24) is 5.32 Å². The second kappa shape index (κ2) is 4.63. The maximum absolute atomic E-state index is 9.54. The molecule has 0 aromatic heterocycles. The molecule has 2 N–H and O–H groups in total. The van der Waals surface area contributed by atoms with Gasteiger partial charge in [-0.05, 0) is 37.6 Å². The largest absolute Gasteiger partial charge is 0.394 e. The molecule has 0 aromatic rings. The highest BCUT2D eigenvalue weighted by atomic mass is 16.3. The lowest BCUT2D eigenvalue weighted by Crippen LogP contribution is -2.53. The van der Waals surface area contributed by atoms with Crippen molar-refractivity contribution in [2.24, 2.45) is 5.41 Å². The van der Waals surface area contributed by atoms with Gasteiger partial charge < -0.3 is 10.4 Å². The lowest BCUT2D eigenvalue weighted by molar-refractivity contribution is 0.0629. The van der Waals surface area contributed by atoms with Gasteiger partial charge in [-0.25, -0.2) is 0 Å². The molecule has 1 saturated carbocycles. The maximum atomic E-state index is 9.54.